The van der Waals surface area contributed by atoms with Crippen LogP contribution in [0.1, 0.15) is 19.8 Å². The molecule has 1 unspecified atom stereocenters. The predicted octanol–water partition coefficient (Wildman–Crippen LogP) is -1.30. The molecule has 5 N–H and O–H groups in total. The van der Waals surface area contributed by atoms with Gasteiger partial charge in [0.2, 0.25) is 5.91 Å². The first-order chi connectivity index (χ1) is 7.99. The number of nitrogens with two attached hydrogens (primary N) is 1. The van der Waals surface area contributed by atoms with Gasteiger partial charge in [-0.2, -0.15) is 0 Å². The van der Waals surface area contributed by atoms with E-state index < -0.39 is 17.6 Å². The highest BCUT2D eigenvalue weighted by atomic mass is 16.5. The molecule has 17 heavy (non-hydrogen) atoms. The van der Waals surface area contributed by atoms with E-state index in [1.807, 2.05) is 0 Å². The fraction of sp³-hybridized carbons (Fsp3) is 0.800. The maximum atomic E-state index is 11.8. The van der Waals surface area contributed by atoms with E-state index in [4.69, 9.17) is 10.5 Å². The lowest BCUT2D eigenvalue weighted by Gasteiger charge is -2.37. The first-order valence-electron chi connectivity index (χ1n) is 5.56. The van der Waals surface area contributed by atoms with Gasteiger partial charge in [-0.05, 0) is 19.8 Å². The maximum absolute atomic E-state index is 11.8. The van der Waals surface area contributed by atoms with Crippen LogP contribution in [0.15, 0.2) is 0 Å². The summed E-state index contributed by atoms with van der Waals surface area (Å²) in [6, 6.07) is -1.48. The Hall–Kier alpha value is -1.34. The molecule has 0 aromatic rings. The van der Waals surface area contributed by atoms with E-state index in [2.05, 4.69) is 10.6 Å². The smallest absolute Gasteiger partial charge is 0.312 e. The van der Waals surface area contributed by atoms with Gasteiger partial charge in [-0.15, -0.1) is 0 Å². The van der Waals surface area contributed by atoms with Gasteiger partial charge in [-0.1, -0.05) is 0 Å². The number of aliphatic hydroxyl groups is 1. The quantitative estimate of drug-likeness (QED) is 0.493. The van der Waals surface area contributed by atoms with Gasteiger partial charge in [-0.3, -0.25) is 4.79 Å². The number of urea groups is 1. The van der Waals surface area contributed by atoms with Crippen LogP contribution in [0.2, 0.25) is 0 Å². The van der Waals surface area contributed by atoms with Gasteiger partial charge in [0.1, 0.15) is 6.04 Å². The number of nitrogens with one attached hydrogen (secondary N) is 2. The Morgan fingerprint density at radius 1 is 1.47 bits per heavy atom. The van der Waals surface area contributed by atoms with E-state index in [0.717, 1.165) is 0 Å². The second kappa shape index (κ2) is 5.83. The van der Waals surface area contributed by atoms with E-state index in [1.165, 1.54) is 6.92 Å². The molecule has 3 amide bonds. The van der Waals surface area contributed by atoms with Crippen molar-refractivity contribution in [2.45, 2.75) is 31.3 Å². The number of amides is 3. The van der Waals surface area contributed by atoms with Crippen LogP contribution in [0.3, 0.4) is 0 Å². The summed E-state index contributed by atoms with van der Waals surface area (Å²) in [6.45, 7) is 2.38. The van der Waals surface area contributed by atoms with Gasteiger partial charge in [-0.25, -0.2) is 4.79 Å². The average Bonchev–Trinajstić information content (AvgIpc) is 2.29. The van der Waals surface area contributed by atoms with Crippen molar-refractivity contribution >= 4 is 11.9 Å². The second-order valence-electron chi connectivity index (χ2n) is 4.27. The van der Waals surface area contributed by atoms with Crippen molar-refractivity contribution in [2.24, 2.45) is 5.73 Å². The van der Waals surface area contributed by atoms with E-state index in [0.29, 0.717) is 26.1 Å². The normalized spacial score (nSPS) is 20.4. The van der Waals surface area contributed by atoms with Crippen molar-refractivity contribution in [3.05, 3.63) is 0 Å². The zero-order valence-corrected chi connectivity index (χ0v) is 9.86. The molecular formula is C10H19N3O4. The van der Waals surface area contributed by atoms with Crippen LogP contribution in [0.4, 0.5) is 4.79 Å². The standard InChI is InChI=1S/C10H19N3O4/c1-7(12-9(11)16)8(15)13-10(6-14)2-4-17-5-3-10/h7,14H,2-6H2,1H3,(H,13,15)(H3,11,12,16). The SMILES string of the molecule is CC(NC(N)=O)C(=O)NC1(CO)CCOCC1. The van der Waals surface area contributed by atoms with Crippen molar-refractivity contribution in [3.8, 4) is 0 Å². The number of ether oxygens (including phenoxy) is 1. The molecule has 1 saturated heterocycles. The molecule has 0 aromatic heterocycles. The molecule has 0 spiro atoms. The van der Waals surface area contributed by atoms with Crippen LogP contribution in [0.25, 0.3) is 0 Å². The Balaban J connectivity index is 2.55. The fourth-order valence-corrected chi connectivity index (χ4v) is 1.73. The number of rotatable bonds is 4. The Kier molecular flexibility index (Phi) is 4.71. The molecule has 0 aliphatic carbocycles. The van der Waals surface area contributed by atoms with Crippen molar-refractivity contribution in [2.75, 3.05) is 19.8 Å². The minimum atomic E-state index is -0.752. The van der Waals surface area contributed by atoms with Crippen LogP contribution in [0, 0.1) is 0 Å². The van der Waals surface area contributed by atoms with Crippen molar-refractivity contribution in [1.29, 1.82) is 0 Å². The van der Waals surface area contributed by atoms with E-state index >= 15 is 0 Å². The van der Waals surface area contributed by atoms with Crippen LogP contribution < -0.4 is 16.4 Å². The molecule has 1 aliphatic rings. The van der Waals surface area contributed by atoms with Gasteiger partial charge in [0.15, 0.2) is 0 Å². The lowest BCUT2D eigenvalue weighted by Crippen LogP contribution is -2.59. The molecule has 0 radical (unpaired) electrons. The lowest BCUT2D eigenvalue weighted by molar-refractivity contribution is -0.126. The average molecular weight is 245 g/mol. The van der Waals surface area contributed by atoms with Crippen LogP contribution in [-0.2, 0) is 9.53 Å². The van der Waals surface area contributed by atoms with E-state index in [-0.39, 0.29) is 12.5 Å². The third-order valence-electron chi connectivity index (χ3n) is 2.89. The molecule has 0 saturated carbocycles. The van der Waals surface area contributed by atoms with Crippen LogP contribution >= 0.6 is 0 Å². The molecule has 1 atom stereocenters. The largest absolute Gasteiger partial charge is 0.394 e. The Labute approximate surface area is 99.7 Å². The van der Waals surface area contributed by atoms with Gasteiger partial charge in [0, 0.05) is 13.2 Å². The number of carbonyl (C=O) groups excluding carboxylic acids is 2. The molecule has 7 heteroatoms. The molecule has 1 aliphatic heterocycles. The second-order valence-corrected chi connectivity index (χ2v) is 4.27. The Bertz CT molecular complexity index is 289. The molecule has 1 fully saturated rings. The molecule has 0 bridgehead atoms. The van der Waals surface area contributed by atoms with Gasteiger partial charge >= 0.3 is 6.03 Å². The third kappa shape index (κ3) is 3.86. The Morgan fingerprint density at radius 2 is 2.06 bits per heavy atom. The summed E-state index contributed by atoms with van der Waals surface area (Å²) in [4.78, 5) is 22.4. The first-order valence-corrected chi connectivity index (χ1v) is 5.56. The molecule has 1 heterocycles. The highest BCUT2D eigenvalue weighted by Gasteiger charge is 2.34. The van der Waals surface area contributed by atoms with E-state index in [1.54, 1.807) is 0 Å². The maximum Gasteiger partial charge on any atom is 0.312 e. The fourth-order valence-electron chi connectivity index (χ4n) is 1.73. The summed E-state index contributed by atoms with van der Waals surface area (Å²) >= 11 is 0. The van der Waals surface area contributed by atoms with Gasteiger partial charge in [0.05, 0.1) is 12.1 Å². The summed E-state index contributed by atoms with van der Waals surface area (Å²) in [6.07, 6.45) is 1.11. The van der Waals surface area contributed by atoms with E-state index in [9.17, 15) is 14.7 Å². The first kappa shape index (κ1) is 13.7. The number of hydrogen-bond acceptors (Lipinski definition) is 4. The Morgan fingerprint density at radius 3 is 2.53 bits per heavy atom. The number of aliphatic hydroxyl groups excluding tert-OH is 1. The minimum absolute atomic E-state index is 0.147. The molecular weight excluding hydrogens is 226 g/mol. The van der Waals surface area contributed by atoms with Crippen LogP contribution in [-0.4, -0.2) is 48.4 Å². The topological polar surface area (TPSA) is 114 Å². The molecule has 98 valence electrons. The number of hydrogen-bond donors (Lipinski definition) is 4. The highest BCUT2D eigenvalue weighted by Crippen LogP contribution is 2.20. The highest BCUT2D eigenvalue weighted by molar-refractivity contribution is 5.86. The summed E-state index contributed by atoms with van der Waals surface area (Å²) < 4.78 is 5.18. The third-order valence-corrected chi connectivity index (χ3v) is 2.89. The van der Waals surface area contributed by atoms with Crippen molar-refractivity contribution < 1.29 is 19.4 Å². The zero-order chi connectivity index (χ0) is 12.9. The monoisotopic (exact) mass is 245 g/mol. The zero-order valence-electron chi connectivity index (χ0n) is 9.86. The van der Waals surface area contributed by atoms with Crippen molar-refractivity contribution in [1.82, 2.24) is 10.6 Å². The number of carbonyl (C=O) groups is 2. The number of primary amides is 1. The summed E-state index contributed by atoms with van der Waals surface area (Å²) in [5, 5.41) is 14.4. The summed E-state index contributed by atoms with van der Waals surface area (Å²) in [7, 11) is 0. The summed E-state index contributed by atoms with van der Waals surface area (Å²) in [5.41, 5.74) is 4.28. The van der Waals surface area contributed by atoms with Gasteiger partial charge in [0.25, 0.3) is 0 Å². The molecule has 1 rings (SSSR count). The summed E-state index contributed by atoms with van der Waals surface area (Å²) in [5.74, 6) is -0.361. The molecule has 0 aromatic carbocycles. The lowest BCUT2D eigenvalue weighted by atomic mass is 9.90. The minimum Gasteiger partial charge on any atom is -0.394 e. The van der Waals surface area contributed by atoms with Crippen LogP contribution in [0.5, 0.6) is 0 Å². The predicted molar refractivity (Wildman–Crippen MR) is 60.2 cm³/mol. The molecule has 7 nitrogen and oxygen atoms in total. The van der Waals surface area contributed by atoms with Gasteiger partial charge < -0.3 is 26.2 Å². The van der Waals surface area contributed by atoms with Crippen molar-refractivity contribution in [3.63, 3.8) is 0 Å².